The number of anilines is 1. The number of epoxide rings is 1. The summed E-state index contributed by atoms with van der Waals surface area (Å²) >= 11 is 6.78. The van der Waals surface area contributed by atoms with Crippen LogP contribution in [0.3, 0.4) is 0 Å². The predicted octanol–water partition coefficient (Wildman–Crippen LogP) is 6.51. The molecule has 9 atom stereocenters. The maximum Gasteiger partial charge on any atom is 0.409 e. The minimum absolute atomic E-state index is 0.0448. The van der Waals surface area contributed by atoms with E-state index in [0.29, 0.717) is 23.6 Å². The quantitative estimate of drug-likeness (QED) is 0.168. The third-order valence-corrected chi connectivity index (χ3v) is 13.9. The first-order chi connectivity index (χ1) is 25.2. The van der Waals surface area contributed by atoms with Crippen molar-refractivity contribution in [3.8, 4) is 6.07 Å². The molecule has 4 bridgehead atoms. The molecular formula is C39H53ClN4O8S2. The molecule has 0 saturated carbocycles. The third-order valence-electron chi connectivity index (χ3n) is 11.0. The second kappa shape index (κ2) is 17.3. The average Bonchev–Trinajstić information content (AvgIpc) is 3.81. The zero-order valence-electron chi connectivity index (χ0n) is 32.7. The van der Waals surface area contributed by atoms with Crippen LogP contribution in [0.25, 0.3) is 0 Å². The maximum atomic E-state index is 14.1. The molecule has 0 radical (unpaired) electrons. The van der Waals surface area contributed by atoms with Gasteiger partial charge in [0.15, 0.2) is 0 Å². The Morgan fingerprint density at radius 1 is 1.30 bits per heavy atom. The predicted molar refractivity (Wildman–Crippen MR) is 212 cm³/mol. The first kappa shape index (κ1) is 43.5. The van der Waals surface area contributed by atoms with Gasteiger partial charge in [0.2, 0.25) is 11.8 Å². The number of esters is 1. The number of fused-ring (bicyclic) bond motifs is 5. The second-order valence-corrected chi connectivity index (χ2v) is 18.5. The SMILES string of the molecule is CSSC(C)(C#N)CCC(=O)N(C)[C@@H](C)C(=O)O[C@H]1CC(=O)N(C)c2cc(cc(C)c2Cl)C/C(C)=C/C=C/[C@@H](C)[C@@]2(O)C[C@H](OC(=O)N2)[C@@H](C)[C@@H]2O[C@@]12C. The summed E-state index contributed by atoms with van der Waals surface area (Å²) in [6.45, 7) is 12.5. The lowest BCUT2D eigenvalue weighted by atomic mass is 9.82. The minimum atomic E-state index is -1.61. The highest BCUT2D eigenvalue weighted by molar-refractivity contribution is 8.77. The number of nitrogens with one attached hydrogen (secondary N) is 1. The Labute approximate surface area is 331 Å². The summed E-state index contributed by atoms with van der Waals surface area (Å²) in [5.41, 5.74) is 0.425. The van der Waals surface area contributed by atoms with Gasteiger partial charge in [-0.15, -0.1) is 0 Å². The highest BCUT2D eigenvalue weighted by Gasteiger charge is 2.64. The lowest BCUT2D eigenvalue weighted by Crippen LogP contribution is -2.60. The minimum Gasteiger partial charge on any atom is -0.457 e. The van der Waals surface area contributed by atoms with Crippen molar-refractivity contribution in [3.63, 3.8) is 0 Å². The van der Waals surface area contributed by atoms with Crippen LogP contribution in [0, 0.1) is 30.1 Å². The number of carbonyl (C=O) groups is 4. The molecule has 0 aliphatic carbocycles. The molecule has 3 aliphatic heterocycles. The summed E-state index contributed by atoms with van der Waals surface area (Å²) < 4.78 is 17.3. The number of rotatable bonds is 8. The van der Waals surface area contributed by atoms with Crippen LogP contribution in [0.1, 0.15) is 78.4 Å². The maximum absolute atomic E-state index is 14.1. The van der Waals surface area contributed by atoms with Gasteiger partial charge in [-0.1, -0.05) is 76.9 Å². The zero-order valence-corrected chi connectivity index (χ0v) is 35.1. The van der Waals surface area contributed by atoms with Gasteiger partial charge >= 0.3 is 12.1 Å². The van der Waals surface area contributed by atoms with Crippen molar-refractivity contribution in [2.45, 2.75) is 121 Å². The summed E-state index contributed by atoms with van der Waals surface area (Å²) in [7, 11) is 5.94. The summed E-state index contributed by atoms with van der Waals surface area (Å²) in [6, 6.07) is 5.06. The van der Waals surface area contributed by atoms with Crippen molar-refractivity contribution in [2.24, 2.45) is 11.8 Å². The summed E-state index contributed by atoms with van der Waals surface area (Å²) in [4.78, 5) is 56.7. The molecule has 1 unspecified atom stereocenters. The monoisotopic (exact) mass is 804 g/mol. The Hall–Kier alpha value is -3.22. The van der Waals surface area contributed by atoms with Crippen LogP contribution in [0.15, 0.2) is 35.9 Å². The number of allylic oxidation sites excluding steroid dienone is 3. The fourth-order valence-corrected chi connectivity index (χ4v) is 9.27. The molecule has 0 aromatic heterocycles. The number of halogens is 1. The number of benzene rings is 1. The number of alkyl carbamates (subject to hydrolysis) is 1. The average molecular weight is 805 g/mol. The van der Waals surface area contributed by atoms with E-state index in [1.165, 1.54) is 38.4 Å². The van der Waals surface area contributed by atoms with E-state index in [1.54, 1.807) is 27.8 Å². The van der Waals surface area contributed by atoms with Crippen molar-refractivity contribution in [1.29, 1.82) is 5.26 Å². The Kier molecular flexibility index (Phi) is 13.9. The molecule has 12 nitrogen and oxygen atoms in total. The zero-order chi connectivity index (χ0) is 40.3. The van der Waals surface area contributed by atoms with Gasteiger partial charge in [0.1, 0.15) is 34.3 Å². The highest BCUT2D eigenvalue weighted by atomic mass is 35.5. The fourth-order valence-electron chi connectivity index (χ4n) is 6.98. The topological polar surface area (TPSA) is 162 Å². The summed E-state index contributed by atoms with van der Waals surface area (Å²) in [5, 5.41) is 24.3. The number of aliphatic hydroxyl groups is 1. The van der Waals surface area contributed by atoms with Crippen LogP contribution in [0.2, 0.25) is 5.02 Å². The molecule has 1 aromatic rings. The Balaban J connectivity index is 1.68. The number of likely N-dealkylation sites (N-methyl/N-ethyl adjacent to an activating group) is 1. The third kappa shape index (κ3) is 9.77. The standard InChI is InChI=1S/C39H53ClN4O8S2/c1-22-12-11-13-24(3)39(49)20-29(50-36(48)42-39)25(4)34-38(7,52-34)30(19-32(46)44(9)28-18-27(16-22)17-23(2)33(28)40)51-35(47)26(5)43(8)31(45)14-15-37(6,21-41)54-53-10/h11-13,17-18,24-26,29-30,34,49H,14-16,19-20H2,1-10H3,(H,42,48)/b13-11+,22-12+/t24-,25-,26+,29+,30+,34+,37?,38+,39+/m1/s1. The lowest BCUT2D eigenvalue weighted by Gasteiger charge is -2.41. The van der Waals surface area contributed by atoms with Gasteiger partial charge in [0, 0.05) is 38.8 Å². The van der Waals surface area contributed by atoms with Gasteiger partial charge in [-0.2, -0.15) is 5.26 Å². The van der Waals surface area contributed by atoms with Crippen LogP contribution in [0.4, 0.5) is 10.5 Å². The Bertz CT molecular complexity index is 1740. The van der Waals surface area contributed by atoms with Gasteiger partial charge in [0.05, 0.1) is 29.3 Å². The molecule has 15 heteroatoms. The highest BCUT2D eigenvalue weighted by Crippen LogP contribution is 2.49. The molecule has 2 saturated heterocycles. The van der Waals surface area contributed by atoms with Crippen molar-refractivity contribution in [1.82, 2.24) is 10.2 Å². The molecule has 0 spiro atoms. The van der Waals surface area contributed by atoms with E-state index in [-0.39, 0.29) is 25.2 Å². The number of aryl methyl sites for hydroxylation is 1. The van der Waals surface area contributed by atoms with Crippen LogP contribution < -0.4 is 10.2 Å². The number of hydrogen-bond donors (Lipinski definition) is 2. The Morgan fingerprint density at radius 2 is 1.98 bits per heavy atom. The van der Waals surface area contributed by atoms with Crippen molar-refractivity contribution < 1.29 is 38.5 Å². The molecule has 2 fully saturated rings. The Morgan fingerprint density at radius 3 is 2.63 bits per heavy atom. The van der Waals surface area contributed by atoms with Crippen molar-refractivity contribution in [2.75, 3.05) is 25.3 Å². The van der Waals surface area contributed by atoms with E-state index in [2.05, 4.69) is 11.4 Å². The largest absolute Gasteiger partial charge is 0.457 e. The molecule has 4 rings (SSSR count). The molecular weight excluding hydrogens is 752 g/mol. The van der Waals surface area contributed by atoms with Crippen LogP contribution in [0.5, 0.6) is 0 Å². The first-order valence-corrected chi connectivity index (χ1v) is 21.0. The van der Waals surface area contributed by atoms with Gasteiger partial charge in [-0.3, -0.25) is 14.9 Å². The van der Waals surface area contributed by atoms with Gasteiger partial charge in [-0.05, 0) is 70.9 Å². The molecule has 2 N–H and O–H groups in total. The normalized spacial score (nSPS) is 31.9. The van der Waals surface area contributed by atoms with E-state index >= 15 is 0 Å². The number of nitriles is 1. The molecule has 54 heavy (non-hydrogen) atoms. The van der Waals surface area contributed by atoms with E-state index in [0.717, 1.165) is 16.7 Å². The number of amides is 3. The van der Waals surface area contributed by atoms with Crippen LogP contribution in [-0.2, 0) is 35.0 Å². The molecule has 3 aliphatic rings. The molecule has 296 valence electrons. The summed E-state index contributed by atoms with van der Waals surface area (Å²) in [5.74, 6) is -2.43. The number of carbonyl (C=O) groups excluding carboxylic acids is 4. The second-order valence-electron chi connectivity index (χ2n) is 15.2. The van der Waals surface area contributed by atoms with E-state index in [4.69, 9.17) is 25.8 Å². The number of nitrogens with zero attached hydrogens (tertiary/aromatic N) is 3. The fraction of sp³-hybridized carbons (Fsp3) is 0.615. The molecule has 3 heterocycles. The van der Waals surface area contributed by atoms with E-state index in [1.807, 2.05) is 64.3 Å². The lowest BCUT2D eigenvalue weighted by molar-refractivity contribution is -0.162. The van der Waals surface area contributed by atoms with Gasteiger partial charge < -0.3 is 29.1 Å². The van der Waals surface area contributed by atoms with Crippen molar-refractivity contribution in [3.05, 3.63) is 52.1 Å². The molecule has 3 amide bonds. The van der Waals surface area contributed by atoms with Gasteiger partial charge in [0.25, 0.3) is 0 Å². The molecule has 1 aromatic carbocycles. The van der Waals surface area contributed by atoms with Gasteiger partial charge in [-0.25, -0.2) is 9.59 Å². The van der Waals surface area contributed by atoms with Crippen LogP contribution in [-0.4, -0.2) is 94.7 Å². The number of hydrogen-bond acceptors (Lipinski definition) is 11. The van der Waals surface area contributed by atoms with Crippen molar-refractivity contribution >= 4 is 62.8 Å². The number of ether oxygens (including phenoxy) is 3. The van der Waals surface area contributed by atoms with Crippen LogP contribution >= 0.6 is 33.2 Å². The smallest absolute Gasteiger partial charge is 0.409 e. The van der Waals surface area contributed by atoms with E-state index < -0.39 is 70.2 Å². The van der Waals surface area contributed by atoms with E-state index in [9.17, 15) is 29.5 Å². The summed E-state index contributed by atoms with van der Waals surface area (Å²) in [6.07, 6.45) is 4.87. The first-order valence-electron chi connectivity index (χ1n) is 18.1.